The van der Waals surface area contributed by atoms with Gasteiger partial charge in [-0.2, -0.15) is 0 Å². The van der Waals surface area contributed by atoms with E-state index >= 15 is 0 Å². The van der Waals surface area contributed by atoms with Gasteiger partial charge in [0.1, 0.15) is 0 Å². The maximum absolute atomic E-state index is 12.0. The van der Waals surface area contributed by atoms with Crippen LogP contribution in [-0.2, 0) is 9.53 Å². The third kappa shape index (κ3) is 5.38. The fourth-order valence-electron chi connectivity index (χ4n) is 3.03. The smallest absolute Gasteiger partial charge is 0.224 e. The second kappa shape index (κ2) is 8.60. The van der Waals surface area contributed by atoms with E-state index < -0.39 is 0 Å². The normalized spacial score (nSPS) is 25.4. The minimum absolute atomic E-state index is 0.254. The summed E-state index contributed by atoms with van der Waals surface area (Å²) in [5.74, 6) is 0.254. The highest BCUT2D eigenvalue weighted by Gasteiger charge is 2.18. The summed E-state index contributed by atoms with van der Waals surface area (Å²) in [7, 11) is 0. The summed E-state index contributed by atoms with van der Waals surface area (Å²) >= 11 is 0. The van der Waals surface area contributed by atoms with Crippen LogP contribution in [0.4, 0.5) is 0 Å². The topological polar surface area (TPSA) is 53.6 Å². The fraction of sp³-hybridized carbons (Fsp3) is 0.933. The van der Waals surface area contributed by atoms with Gasteiger partial charge in [0, 0.05) is 38.1 Å². The summed E-state index contributed by atoms with van der Waals surface area (Å²) < 4.78 is 5.26. The average molecular weight is 283 g/mol. The van der Waals surface area contributed by atoms with Crippen molar-refractivity contribution in [2.45, 2.75) is 51.1 Å². The van der Waals surface area contributed by atoms with E-state index in [4.69, 9.17) is 4.74 Å². The third-order valence-corrected chi connectivity index (χ3v) is 4.25. The molecule has 2 fully saturated rings. The molecular formula is C15H29N3O2. The predicted molar refractivity (Wildman–Crippen MR) is 79.7 cm³/mol. The largest absolute Gasteiger partial charge is 0.378 e. The van der Waals surface area contributed by atoms with Crippen LogP contribution >= 0.6 is 0 Å². The lowest BCUT2D eigenvalue weighted by molar-refractivity contribution is -0.135. The first-order valence-corrected chi connectivity index (χ1v) is 8.08. The van der Waals surface area contributed by atoms with E-state index in [2.05, 4.69) is 17.6 Å². The Morgan fingerprint density at radius 1 is 1.40 bits per heavy atom. The van der Waals surface area contributed by atoms with Gasteiger partial charge in [-0.05, 0) is 32.7 Å². The van der Waals surface area contributed by atoms with E-state index in [0.29, 0.717) is 31.7 Å². The molecule has 2 unspecified atom stereocenters. The molecule has 0 aliphatic carbocycles. The SMILES string of the molecule is CC(CC1CCCCN1)NCCC(=O)N1CCOCC1. The molecule has 20 heavy (non-hydrogen) atoms. The van der Waals surface area contributed by atoms with E-state index in [-0.39, 0.29) is 5.91 Å². The van der Waals surface area contributed by atoms with Crippen LogP contribution < -0.4 is 10.6 Å². The Morgan fingerprint density at radius 2 is 2.20 bits per heavy atom. The van der Waals surface area contributed by atoms with E-state index in [0.717, 1.165) is 32.6 Å². The number of morpholine rings is 1. The molecular weight excluding hydrogens is 254 g/mol. The number of nitrogens with zero attached hydrogens (tertiary/aromatic N) is 1. The van der Waals surface area contributed by atoms with Crippen LogP contribution in [0.15, 0.2) is 0 Å². The van der Waals surface area contributed by atoms with Gasteiger partial charge < -0.3 is 20.3 Å². The van der Waals surface area contributed by atoms with Crippen LogP contribution in [0.2, 0.25) is 0 Å². The standard InChI is InChI=1S/C15H29N3O2/c1-13(12-14-4-2-3-6-17-14)16-7-5-15(19)18-8-10-20-11-9-18/h13-14,16-17H,2-12H2,1H3. The maximum atomic E-state index is 12.0. The molecule has 2 N–H and O–H groups in total. The highest BCUT2D eigenvalue weighted by Crippen LogP contribution is 2.11. The minimum Gasteiger partial charge on any atom is -0.378 e. The van der Waals surface area contributed by atoms with Crippen molar-refractivity contribution in [1.82, 2.24) is 15.5 Å². The molecule has 2 aliphatic rings. The third-order valence-electron chi connectivity index (χ3n) is 4.25. The number of piperidine rings is 1. The number of carbonyl (C=O) groups is 1. The lowest BCUT2D eigenvalue weighted by Crippen LogP contribution is -2.43. The molecule has 0 saturated carbocycles. The van der Waals surface area contributed by atoms with E-state index in [1.165, 1.54) is 19.3 Å². The summed E-state index contributed by atoms with van der Waals surface area (Å²) in [6.45, 7) is 7.03. The van der Waals surface area contributed by atoms with E-state index in [9.17, 15) is 4.79 Å². The van der Waals surface area contributed by atoms with Crippen molar-refractivity contribution in [2.75, 3.05) is 39.4 Å². The Hall–Kier alpha value is -0.650. The van der Waals surface area contributed by atoms with Crippen LogP contribution in [0.5, 0.6) is 0 Å². The summed E-state index contributed by atoms with van der Waals surface area (Å²) in [5.41, 5.74) is 0. The van der Waals surface area contributed by atoms with Gasteiger partial charge in [0.05, 0.1) is 13.2 Å². The van der Waals surface area contributed by atoms with Gasteiger partial charge in [0.2, 0.25) is 5.91 Å². The number of hydrogen-bond acceptors (Lipinski definition) is 4. The van der Waals surface area contributed by atoms with Gasteiger partial charge in [-0.1, -0.05) is 6.42 Å². The molecule has 116 valence electrons. The highest BCUT2D eigenvalue weighted by molar-refractivity contribution is 5.76. The number of nitrogens with one attached hydrogen (secondary N) is 2. The van der Waals surface area contributed by atoms with Crippen molar-refractivity contribution in [3.05, 3.63) is 0 Å². The summed E-state index contributed by atoms with van der Waals surface area (Å²) in [6.07, 6.45) is 5.71. The predicted octanol–water partition coefficient (Wildman–Crippen LogP) is 0.746. The van der Waals surface area contributed by atoms with Gasteiger partial charge in [0.15, 0.2) is 0 Å². The number of rotatable bonds is 6. The van der Waals surface area contributed by atoms with Gasteiger partial charge in [-0.3, -0.25) is 4.79 Å². The number of ether oxygens (including phenoxy) is 1. The fourth-order valence-corrected chi connectivity index (χ4v) is 3.03. The van der Waals surface area contributed by atoms with Crippen LogP contribution in [-0.4, -0.2) is 62.3 Å². The minimum atomic E-state index is 0.254. The Labute approximate surface area is 122 Å². The van der Waals surface area contributed by atoms with Crippen molar-refractivity contribution in [3.63, 3.8) is 0 Å². The van der Waals surface area contributed by atoms with Crippen molar-refractivity contribution in [2.24, 2.45) is 0 Å². The number of carbonyl (C=O) groups excluding carboxylic acids is 1. The maximum Gasteiger partial charge on any atom is 0.224 e. The Bertz CT molecular complexity index is 287. The molecule has 2 atom stereocenters. The van der Waals surface area contributed by atoms with Crippen LogP contribution in [0, 0.1) is 0 Å². The number of amides is 1. The summed E-state index contributed by atoms with van der Waals surface area (Å²) in [4.78, 5) is 13.9. The lowest BCUT2D eigenvalue weighted by Gasteiger charge is -2.28. The van der Waals surface area contributed by atoms with Gasteiger partial charge >= 0.3 is 0 Å². The van der Waals surface area contributed by atoms with E-state index in [1.807, 2.05) is 4.90 Å². The molecule has 0 aromatic rings. The van der Waals surface area contributed by atoms with Crippen LogP contribution in [0.3, 0.4) is 0 Å². The molecule has 0 bridgehead atoms. The molecule has 5 heteroatoms. The van der Waals surface area contributed by atoms with Crippen molar-refractivity contribution in [3.8, 4) is 0 Å². The molecule has 2 aliphatic heterocycles. The van der Waals surface area contributed by atoms with Crippen LogP contribution in [0.25, 0.3) is 0 Å². The Morgan fingerprint density at radius 3 is 2.90 bits per heavy atom. The average Bonchev–Trinajstić information content (AvgIpc) is 2.49. The van der Waals surface area contributed by atoms with Crippen LogP contribution in [0.1, 0.15) is 39.0 Å². The molecule has 2 rings (SSSR count). The summed E-state index contributed by atoms with van der Waals surface area (Å²) in [5, 5.41) is 7.05. The molecule has 5 nitrogen and oxygen atoms in total. The zero-order valence-corrected chi connectivity index (χ0v) is 12.7. The van der Waals surface area contributed by atoms with Crippen molar-refractivity contribution >= 4 is 5.91 Å². The molecule has 0 aromatic carbocycles. The van der Waals surface area contributed by atoms with Crippen molar-refractivity contribution in [1.29, 1.82) is 0 Å². The van der Waals surface area contributed by atoms with Crippen molar-refractivity contribution < 1.29 is 9.53 Å². The molecule has 2 heterocycles. The molecule has 1 amide bonds. The first-order valence-electron chi connectivity index (χ1n) is 8.08. The van der Waals surface area contributed by atoms with E-state index in [1.54, 1.807) is 0 Å². The van der Waals surface area contributed by atoms with Gasteiger partial charge in [0.25, 0.3) is 0 Å². The first kappa shape index (κ1) is 15.7. The molecule has 0 aromatic heterocycles. The molecule has 0 radical (unpaired) electrons. The Kier molecular flexibility index (Phi) is 6.76. The quantitative estimate of drug-likeness (QED) is 0.755. The first-order chi connectivity index (χ1) is 9.75. The zero-order valence-electron chi connectivity index (χ0n) is 12.7. The molecule has 0 spiro atoms. The second-order valence-electron chi connectivity index (χ2n) is 5.98. The Balaban J connectivity index is 1.56. The van der Waals surface area contributed by atoms with Gasteiger partial charge in [-0.25, -0.2) is 0 Å². The number of hydrogen-bond donors (Lipinski definition) is 2. The second-order valence-corrected chi connectivity index (χ2v) is 5.98. The monoisotopic (exact) mass is 283 g/mol. The highest BCUT2D eigenvalue weighted by atomic mass is 16.5. The molecule has 2 saturated heterocycles. The van der Waals surface area contributed by atoms with Gasteiger partial charge in [-0.15, -0.1) is 0 Å². The zero-order chi connectivity index (χ0) is 14.2. The lowest BCUT2D eigenvalue weighted by atomic mass is 9.99. The summed E-state index contributed by atoms with van der Waals surface area (Å²) in [6, 6.07) is 1.13.